The predicted molar refractivity (Wildman–Crippen MR) is 66.0 cm³/mol. The highest BCUT2D eigenvalue weighted by atomic mass is 35.5. The van der Waals surface area contributed by atoms with Gasteiger partial charge in [0.1, 0.15) is 5.82 Å². The maximum Gasteiger partial charge on any atom is 0.124 e. The average molecular weight is 247 g/mol. The summed E-state index contributed by atoms with van der Waals surface area (Å²) in [4.78, 5) is 0. The van der Waals surface area contributed by atoms with E-state index in [0.717, 1.165) is 16.6 Å². The third kappa shape index (κ3) is 1.78. The van der Waals surface area contributed by atoms with Crippen molar-refractivity contribution in [3.8, 4) is 5.69 Å². The van der Waals surface area contributed by atoms with Crippen LogP contribution in [0.1, 0.15) is 0 Å². The number of nitrogens with zero attached hydrogens (tertiary/aromatic N) is 2. The van der Waals surface area contributed by atoms with E-state index in [2.05, 4.69) is 5.10 Å². The van der Waals surface area contributed by atoms with Crippen molar-refractivity contribution in [1.29, 1.82) is 0 Å². The molecule has 0 N–H and O–H groups in total. The minimum Gasteiger partial charge on any atom is -0.233 e. The smallest absolute Gasteiger partial charge is 0.124 e. The summed E-state index contributed by atoms with van der Waals surface area (Å²) in [5.41, 5.74) is 1.77. The van der Waals surface area contributed by atoms with E-state index in [1.165, 1.54) is 12.1 Å². The molecule has 0 saturated carbocycles. The van der Waals surface area contributed by atoms with Gasteiger partial charge in [0.25, 0.3) is 0 Å². The summed E-state index contributed by atoms with van der Waals surface area (Å²) >= 11 is 5.83. The van der Waals surface area contributed by atoms with Crippen LogP contribution in [0.4, 0.5) is 4.39 Å². The van der Waals surface area contributed by atoms with Crippen LogP contribution in [-0.4, -0.2) is 9.78 Å². The standard InChI is InChI=1S/C13H8ClFN2/c14-10-1-4-12(5-2-10)17-13-6-3-11(15)7-9(13)8-16-17/h1-8H. The molecule has 84 valence electrons. The molecule has 2 aromatic carbocycles. The summed E-state index contributed by atoms with van der Waals surface area (Å²) in [5, 5.41) is 5.70. The van der Waals surface area contributed by atoms with Gasteiger partial charge in [-0.2, -0.15) is 5.10 Å². The number of hydrogen-bond donors (Lipinski definition) is 0. The second-order valence-corrected chi connectivity index (χ2v) is 4.17. The SMILES string of the molecule is Fc1ccc2c(cnn2-c2ccc(Cl)cc2)c1. The number of aromatic nitrogens is 2. The van der Waals surface area contributed by atoms with Crippen molar-refractivity contribution in [2.75, 3.05) is 0 Å². The van der Waals surface area contributed by atoms with E-state index in [1.54, 1.807) is 29.1 Å². The Bertz CT molecular complexity index is 673. The molecule has 0 aliphatic heterocycles. The lowest BCUT2D eigenvalue weighted by atomic mass is 10.2. The Morgan fingerprint density at radius 2 is 1.82 bits per heavy atom. The summed E-state index contributed by atoms with van der Waals surface area (Å²) < 4.78 is 14.8. The summed E-state index contributed by atoms with van der Waals surface area (Å²) in [6.07, 6.45) is 1.65. The highest BCUT2D eigenvalue weighted by Gasteiger charge is 2.05. The number of hydrogen-bond acceptors (Lipinski definition) is 1. The number of rotatable bonds is 1. The molecule has 3 rings (SSSR count). The molecule has 0 amide bonds. The monoisotopic (exact) mass is 246 g/mol. The van der Waals surface area contributed by atoms with Crippen molar-refractivity contribution in [3.63, 3.8) is 0 Å². The largest absolute Gasteiger partial charge is 0.233 e. The van der Waals surface area contributed by atoms with Crippen LogP contribution in [-0.2, 0) is 0 Å². The van der Waals surface area contributed by atoms with Crippen molar-refractivity contribution in [2.45, 2.75) is 0 Å². The molecule has 1 heterocycles. The van der Waals surface area contributed by atoms with E-state index in [-0.39, 0.29) is 5.82 Å². The maximum absolute atomic E-state index is 13.0. The van der Waals surface area contributed by atoms with E-state index in [4.69, 9.17) is 11.6 Å². The Morgan fingerprint density at radius 3 is 2.59 bits per heavy atom. The van der Waals surface area contributed by atoms with Crippen molar-refractivity contribution in [2.24, 2.45) is 0 Å². The molecule has 0 bridgehead atoms. The summed E-state index contributed by atoms with van der Waals surface area (Å²) in [7, 11) is 0. The molecule has 17 heavy (non-hydrogen) atoms. The van der Waals surface area contributed by atoms with E-state index >= 15 is 0 Å². The molecule has 1 aromatic heterocycles. The van der Waals surface area contributed by atoms with Gasteiger partial charge in [0.15, 0.2) is 0 Å². The molecule has 0 aliphatic rings. The number of benzene rings is 2. The molecule has 0 fully saturated rings. The Balaban J connectivity index is 2.21. The fraction of sp³-hybridized carbons (Fsp3) is 0. The first-order valence-electron chi connectivity index (χ1n) is 5.13. The average Bonchev–Trinajstić information content (AvgIpc) is 2.73. The zero-order valence-electron chi connectivity index (χ0n) is 8.77. The minimum atomic E-state index is -0.256. The lowest BCUT2D eigenvalue weighted by molar-refractivity contribution is 0.629. The molecule has 4 heteroatoms. The molecule has 0 unspecified atom stereocenters. The third-order valence-corrected chi connectivity index (χ3v) is 2.85. The first-order valence-corrected chi connectivity index (χ1v) is 5.51. The summed E-state index contributed by atoms with van der Waals surface area (Å²) in [5.74, 6) is -0.256. The predicted octanol–water partition coefficient (Wildman–Crippen LogP) is 3.82. The van der Waals surface area contributed by atoms with Gasteiger partial charge >= 0.3 is 0 Å². The molecule has 0 aliphatic carbocycles. The second-order valence-electron chi connectivity index (χ2n) is 3.74. The molecule has 0 saturated heterocycles. The van der Waals surface area contributed by atoms with Gasteiger partial charge in [0.2, 0.25) is 0 Å². The first kappa shape index (κ1) is 10.3. The molecular formula is C13H8ClFN2. The molecule has 0 radical (unpaired) electrons. The molecule has 3 aromatic rings. The van der Waals surface area contributed by atoms with Crippen LogP contribution >= 0.6 is 11.6 Å². The van der Waals surface area contributed by atoms with Crippen LogP contribution in [0.15, 0.2) is 48.7 Å². The quantitative estimate of drug-likeness (QED) is 0.638. The van der Waals surface area contributed by atoms with Crippen LogP contribution < -0.4 is 0 Å². The van der Waals surface area contributed by atoms with Crippen molar-refractivity contribution < 1.29 is 4.39 Å². The molecular weight excluding hydrogens is 239 g/mol. The Kier molecular flexibility index (Phi) is 2.34. The van der Waals surface area contributed by atoms with Gasteiger partial charge in [-0.3, -0.25) is 0 Å². The Morgan fingerprint density at radius 1 is 1.06 bits per heavy atom. The summed E-state index contributed by atoms with van der Waals surface area (Å²) in [6.45, 7) is 0. The lowest BCUT2D eigenvalue weighted by Crippen LogP contribution is -1.95. The van der Waals surface area contributed by atoms with Crippen LogP contribution in [0.25, 0.3) is 16.6 Å². The van der Waals surface area contributed by atoms with Gasteiger partial charge in [-0.15, -0.1) is 0 Å². The first-order chi connectivity index (χ1) is 8.24. The fourth-order valence-electron chi connectivity index (χ4n) is 1.79. The van der Waals surface area contributed by atoms with Crippen LogP contribution in [0, 0.1) is 5.82 Å². The fourth-order valence-corrected chi connectivity index (χ4v) is 1.92. The third-order valence-electron chi connectivity index (χ3n) is 2.60. The van der Waals surface area contributed by atoms with Gasteiger partial charge < -0.3 is 0 Å². The molecule has 0 atom stereocenters. The zero-order chi connectivity index (χ0) is 11.8. The van der Waals surface area contributed by atoms with Crippen LogP contribution in [0.5, 0.6) is 0 Å². The van der Waals surface area contributed by atoms with Crippen LogP contribution in [0.3, 0.4) is 0 Å². The molecule has 0 spiro atoms. The van der Waals surface area contributed by atoms with Gasteiger partial charge in [-0.1, -0.05) is 11.6 Å². The zero-order valence-corrected chi connectivity index (χ0v) is 9.53. The van der Waals surface area contributed by atoms with Gasteiger partial charge in [-0.25, -0.2) is 9.07 Å². The number of fused-ring (bicyclic) bond motifs is 1. The Hall–Kier alpha value is -1.87. The highest BCUT2D eigenvalue weighted by molar-refractivity contribution is 6.30. The minimum absolute atomic E-state index is 0.256. The van der Waals surface area contributed by atoms with Crippen LogP contribution in [0.2, 0.25) is 5.02 Å². The highest BCUT2D eigenvalue weighted by Crippen LogP contribution is 2.20. The lowest BCUT2D eigenvalue weighted by Gasteiger charge is -2.03. The topological polar surface area (TPSA) is 17.8 Å². The van der Waals surface area contributed by atoms with Gasteiger partial charge in [0.05, 0.1) is 17.4 Å². The van der Waals surface area contributed by atoms with E-state index in [1.807, 2.05) is 12.1 Å². The second kappa shape index (κ2) is 3.86. The summed E-state index contributed by atoms with van der Waals surface area (Å²) in [6, 6.07) is 12.0. The van der Waals surface area contributed by atoms with E-state index in [0.29, 0.717) is 5.02 Å². The van der Waals surface area contributed by atoms with E-state index < -0.39 is 0 Å². The van der Waals surface area contributed by atoms with Crippen molar-refractivity contribution in [1.82, 2.24) is 9.78 Å². The Labute approximate surface area is 102 Å². The normalized spacial score (nSPS) is 10.9. The van der Waals surface area contributed by atoms with Crippen molar-refractivity contribution >= 4 is 22.5 Å². The van der Waals surface area contributed by atoms with Gasteiger partial charge in [-0.05, 0) is 42.5 Å². The van der Waals surface area contributed by atoms with Gasteiger partial charge in [0, 0.05) is 10.4 Å². The molecule has 2 nitrogen and oxygen atoms in total. The maximum atomic E-state index is 13.0. The van der Waals surface area contributed by atoms with E-state index in [9.17, 15) is 4.39 Å². The van der Waals surface area contributed by atoms with Crippen molar-refractivity contribution in [3.05, 3.63) is 59.5 Å². The number of halogens is 2.